The van der Waals surface area contributed by atoms with Crippen LogP contribution in [-0.4, -0.2) is 12.5 Å². The van der Waals surface area contributed by atoms with Crippen molar-refractivity contribution in [3.05, 3.63) is 58.7 Å². The van der Waals surface area contributed by atoms with E-state index in [4.69, 9.17) is 0 Å². The zero-order valence-electron chi connectivity index (χ0n) is 13.8. The molecule has 22 heavy (non-hydrogen) atoms. The number of hydrogen-bond acceptors (Lipinski definition) is 2. The highest BCUT2D eigenvalue weighted by atomic mass is 16.1. The van der Waals surface area contributed by atoms with Gasteiger partial charge in [0.2, 0.25) is 5.91 Å². The van der Waals surface area contributed by atoms with Gasteiger partial charge in [0.15, 0.2) is 0 Å². The van der Waals surface area contributed by atoms with Crippen LogP contribution in [0.5, 0.6) is 0 Å². The van der Waals surface area contributed by atoms with Crippen molar-refractivity contribution < 1.29 is 4.79 Å². The van der Waals surface area contributed by atoms with Crippen molar-refractivity contribution in [2.24, 2.45) is 0 Å². The van der Waals surface area contributed by atoms with Crippen LogP contribution in [0.3, 0.4) is 0 Å². The molecular weight excluding hydrogens is 272 g/mol. The minimum absolute atomic E-state index is 0.0372. The molecule has 0 spiro atoms. The Morgan fingerprint density at radius 2 is 1.64 bits per heavy atom. The summed E-state index contributed by atoms with van der Waals surface area (Å²) >= 11 is 0. The largest absolute Gasteiger partial charge is 0.384 e. The minimum Gasteiger partial charge on any atom is -0.384 e. The zero-order chi connectivity index (χ0) is 16.1. The molecule has 2 aromatic carbocycles. The highest BCUT2D eigenvalue weighted by Gasteiger charge is 2.07. The van der Waals surface area contributed by atoms with Crippen LogP contribution in [0.2, 0.25) is 0 Å². The molecule has 0 heterocycles. The first-order valence-corrected chi connectivity index (χ1v) is 7.64. The van der Waals surface area contributed by atoms with Gasteiger partial charge >= 0.3 is 0 Å². The summed E-state index contributed by atoms with van der Waals surface area (Å²) in [6.45, 7) is 8.78. The van der Waals surface area contributed by atoms with E-state index in [0.717, 1.165) is 22.5 Å². The average Bonchev–Trinajstić information content (AvgIpc) is 2.47. The van der Waals surface area contributed by atoms with Crippen LogP contribution in [0.1, 0.15) is 28.7 Å². The molecule has 2 rings (SSSR count). The zero-order valence-corrected chi connectivity index (χ0v) is 13.8. The van der Waals surface area contributed by atoms with E-state index >= 15 is 0 Å². The van der Waals surface area contributed by atoms with Crippen LogP contribution >= 0.6 is 0 Å². The SMILES string of the molecule is Cc1ccc(C)c(NCCC(=O)Nc2c(C)cccc2C)c1. The maximum Gasteiger partial charge on any atom is 0.226 e. The smallest absolute Gasteiger partial charge is 0.226 e. The van der Waals surface area contributed by atoms with Crippen molar-refractivity contribution in [1.29, 1.82) is 0 Å². The van der Waals surface area contributed by atoms with Crippen LogP contribution in [0.4, 0.5) is 11.4 Å². The van der Waals surface area contributed by atoms with Gasteiger partial charge in [-0.05, 0) is 56.0 Å². The Kier molecular flexibility index (Phi) is 5.21. The first kappa shape index (κ1) is 16.1. The molecule has 0 fully saturated rings. The summed E-state index contributed by atoms with van der Waals surface area (Å²) < 4.78 is 0. The van der Waals surface area contributed by atoms with Crippen LogP contribution in [0.15, 0.2) is 36.4 Å². The van der Waals surface area contributed by atoms with Crippen LogP contribution in [0, 0.1) is 27.7 Å². The molecule has 2 aromatic rings. The summed E-state index contributed by atoms with van der Waals surface area (Å²) in [6, 6.07) is 12.3. The van der Waals surface area contributed by atoms with Gasteiger partial charge in [-0.2, -0.15) is 0 Å². The first-order chi connectivity index (χ1) is 10.5. The number of amides is 1. The lowest BCUT2D eigenvalue weighted by Gasteiger charge is -2.13. The van der Waals surface area contributed by atoms with Gasteiger partial charge in [-0.1, -0.05) is 30.3 Å². The molecule has 0 atom stereocenters. The van der Waals surface area contributed by atoms with Gasteiger partial charge in [0.25, 0.3) is 0 Å². The fourth-order valence-electron chi connectivity index (χ4n) is 2.45. The number of rotatable bonds is 5. The standard InChI is InChI=1S/C19H24N2O/c1-13-8-9-14(2)17(12-13)20-11-10-18(22)21-19-15(3)6-5-7-16(19)4/h5-9,12,20H,10-11H2,1-4H3,(H,21,22). The second-order valence-electron chi connectivity index (χ2n) is 5.81. The van der Waals surface area contributed by atoms with Gasteiger partial charge in [-0.15, -0.1) is 0 Å². The molecular formula is C19H24N2O. The fraction of sp³-hybridized carbons (Fsp3) is 0.316. The van der Waals surface area contributed by atoms with Gasteiger partial charge in [0, 0.05) is 24.3 Å². The molecule has 3 heteroatoms. The summed E-state index contributed by atoms with van der Waals surface area (Å²) in [6.07, 6.45) is 0.446. The van der Waals surface area contributed by atoms with Crippen LogP contribution in [-0.2, 0) is 4.79 Å². The Balaban J connectivity index is 1.89. The van der Waals surface area contributed by atoms with Crippen LogP contribution in [0.25, 0.3) is 0 Å². The number of nitrogens with one attached hydrogen (secondary N) is 2. The molecule has 2 N–H and O–H groups in total. The topological polar surface area (TPSA) is 41.1 Å². The molecule has 116 valence electrons. The van der Waals surface area contributed by atoms with E-state index in [-0.39, 0.29) is 5.91 Å². The highest BCUT2D eigenvalue weighted by molar-refractivity contribution is 5.92. The molecule has 1 amide bonds. The molecule has 0 unspecified atom stereocenters. The fourth-order valence-corrected chi connectivity index (χ4v) is 2.45. The lowest BCUT2D eigenvalue weighted by atomic mass is 10.1. The molecule has 0 saturated heterocycles. The Labute approximate surface area is 132 Å². The average molecular weight is 296 g/mol. The molecule has 0 saturated carbocycles. The maximum absolute atomic E-state index is 12.1. The number of carbonyl (C=O) groups is 1. The third-order valence-electron chi connectivity index (χ3n) is 3.81. The minimum atomic E-state index is 0.0372. The van der Waals surface area contributed by atoms with Crippen molar-refractivity contribution in [2.75, 3.05) is 17.2 Å². The maximum atomic E-state index is 12.1. The van der Waals surface area contributed by atoms with Crippen molar-refractivity contribution in [3.63, 3.8) is 0 Å². The molecule has 0 bridgehead atoms. The number of carbonyl (C=O) groups excluding carboxylic acids is 1. The van der Waals surface area contributed by atoms with E-state index in [2.05, 4.69) is 42.7 Å². The van der Waals surface area contributed by atoms with E-state index in [9.17, 15) is 4.79 Å². The summed E-state index contributed by atoms with van der Waals surface area (Å²) in [5, 5.41) is 6.35. The van der Waals surface area contributed by atoms with Crippen molar-refractivity contribution in [2.45, 2.75) is 34.1 Å². The Hall–Kier alpha value is -2.29. The third kappa shape index (κ3) is 4.10. The van der Waals surface area contributed by atoms with Crippen molar-refractivity contribution in [1.82, 2.24) is 0 Å². The van der Waals surface area contributed by atoms with Crippen molar-refractivity contribution in [3.8, 4) is 0 Å². The normalized spacial score (nSPS) is 10.4. The lowest BCUT2D eigenvalue weighted by molar-refractivity contribution is -0.115. The molecule has 0 aliphatic rings. The predicted molar refractivity (Wildman–Crippen MR) is 93.6 cm³/mol. The Bertz CT molecular complexity index is 657. The number of anilines is 2. The van der Waals surface area contributed by atoms with Gasteiger partial charge < -0.3 is 10.6 Å². The summed E-state index contributed by atoms with van der Waals surface area (Å²) in [4.78, 5) is 12.1. The molecule has 0 aliphatic heterocycles. The van der Waals surface area contributed by atoms with E-state index in [1.807, 2.05) is 32.0 Å². The molecule has 3 nitrogen and oxygen atoms in total. The number of aryl methyl sites for hydroxylation is 4. The molecule has 0 aromatic heterocycles. The number of hydrogen-bond donors (Lipinski definition) is 2. The number of para-hydroxylation sites is 1. The quantitative estimate of drug-likeness (QED) is 0.860. The van der Waals surface area contributed by atoms with Gasteiger partial charge in [-0.3, -0.25) is 4.79 Å². The Morgan fingerprint density at radius 1 is 0.955 bits per heavy atom. The van der Waals surface area contributed by atoms with E-state index in [1.54, 1.807) is 0 Å². The lowest BCUT2D eigenvalue weighted by Crippen LogP contribution is -2.17. The summed E-state index contributed by atoms with van der Waals surface area (Å²) in [7, 11) is 0. The summed E-state index contributed by atoms with van der Waals surface area (Å²) in [5.41, 5.74) is 6.62. The second kappa shape index (κ2) is 7.12. The third-order valence-corrected chi connectivity index (χ3v) is 3.81. The summed E-state index contributed by atoms with van der Waals surface area (Å²) in [5.74, 6) is 0.0372. The predicted octanol–water partition coefficient (Wildman–Crippen LogP) is 4.36. The van der Waals surface area contributed by atoms with Gasteiger partial charge in [0.05, 0.1) is 0 Å². The molecule has 0 aliphatic carbocycles. The molecule has 0 radical (unpaired) electrons. The van der Waals surface area contributed by atoms with Crippen molar-refractivity contribution >= 4 is 17.3 Å². The van der Waals surface area contributed by atoms with Crippen LogP contribution < -0.4 is 10.6 Å². The van der Waals surface area contributed by atoms with E-state index < -0.39 is 0 Å². The van der Waals surface area contributed by atoms with E-state index in [0.29, 0.717) is 13.0 Å². The highest BCUT2D eigenvalue weighted by Crippen LogP contribution is 2.20. The first-order valence-electron chi connectivity index (χ1n) is 7.64. The van der Waals surface area contributed by atoms with Gasteiger partial charge in [0.1, 0.15) is 0 Å². The van der Waals surface area contributed by atoms with Gasteiger partial charge in [-0.25, -0.2) is 0 Å². The monoisotopic (exact) mass is 296 g/mol. The van der Waals surface area contributed by atoms with E-state index in [1.165, 1.54) is 11.1 Å². The second-order valence-corrected chi connectivity index (χ2v) is 5.81. The Morgan fingerprint density at radius 3 is 2.32 bits per heavy atom. The number of benzene rings is 2.